The van der Waals surface area contributed by atoms with E-state index in [1.807, 2.05) is 0 Å². The molecule has 0 atom stereocenters. The molecule has 0 fully saturated rings. The van der Waals surface area contributed by atoms with Gasteiger partial charge in [-0.3, -0.25) is 0 Å². The Morgan fingerprint density at radius 2 is 0.723 bits per heavy atom. The fraction of sp³-hybridized carbons (Fsp3) is 0.571. The normalized spacial score (nSPS) is 10.9. The van der Waals surface area contributed by atoms with Gasteiger partial charge in [-0.1, -0.05) is 133 Å². The first-order valence-electron chi connectivity index (χ1n) is 18.5. The largest absolute Gasteiger partial charge is 4.00 e. The molecule has 0 N–H and O–H groups in total. The molecule has 5 heteroatoms. The van der Waals surface area contributed by atoms with Gasteiger partial charge in [0.25, 0.3) is 0 Å². The number of rotatable bonds is 22. The van der Waals surface area contributed by atoms with Crippen molar-refractivity contribution in [2.45, 2.75) is 130 Å². The van der Waals surface area contributed by atoms with E-state index in [4.69, 9.17) is 0 Å². The molecule has 0 unspecified atom stereocenters. The summed E-state index contributed by atoms with van der Waals surface area (Å²) < 4.78 is 0. The first-order chi connectivity index (χ1) is 21.7. The molecule has 0 saturated heterocycles. The van der Waals surface area contributed by atoms with Crippen LogP contribution in [0.2, 0.25) is 0 Å². The van der Waals surface area contributed by atoms with Gasteiger partial charge in [0.15, 0.2) is 0 Å². The van der Waals surface area contributed by atoms with Crippen molar-refractivity contribution in [3.63, 3.8) is 0 Å². The molecule has 0 aliphatic carbocycles. The maximum absolute atomic E-state index is 2.47. The van der Waals surface area contributed by atoms with Crippen LogP contribution in [0.5, 0.6) is 0 Å². The van der Waals surface area contributed by atoms with Crippen molar-refractivity contribution < 1.29 is 51.0 Å². The third-order valence-electron chi connectivity index (χ3n) is 9.06. The quantitative estimate of drug-likeness (QED) is 0.0436. The molecule has 0 aliphatic heterocycles. The van der Waals surface area contributed by atoms with E-state index >= 15 is 0 Å². The predicted molar refractivity (Wildman–Crippen MR) is 208 cm³/mol. The molecule has 0 aliphatic rings. The van der Waals surface area contributed by atoms with E-state index in [-0.39, 0.29) is 66.9 Å². The van der Waals surface area contributed by atoms with Crippen molar-refractivity contribution in [3.05, 3.63) is 72.8 Å². The summed E-state index contributed by atoms with van der Waals surface area (Å²) in [6.07, 6.45) is 28.1. The Bertz CT molecular complexity index is 1080. The minimum Gasteiger partial charge on any atom is -1.00 e. The number of unbranched alkanes of at least 4 members (excludes halogenated alkanes) is 12. The molecule has 0 nitrogen and oxygen atoms in total. The number of benzene rings is 2. The van der Waals surface area contributed by atoms with Crippen LogP contribution in [0.15, 0.2) is 72.8 Å². The zero-order valence-corrected chi connectivity index (χ0v) is 36.0. The third-order valence-corrected chi connectivity index (χ3v) is 14.5. The fourth-order valence-electron chi connectivity index (χ4n) is 6.29. The number of fused-ring (bicyclic) bond motifs is 2. The van der Waals surface area contributed by atoms with E-state index in [2.05, 4.69) is 100 Å². The molecular formula is C42H64Cl2P2Zr. The summed E-state index contributed by atoms with van der Waals surface area (Å²) in [6, 6.07) is 27.6. The van der Waals surface area contributed by atoms with Crippen molar-refractivity contribution in [2.24, 2.45) is 0 Å². The summed E-state index contributed by atoms with van der Waals surface area (Å²) >= 11 is 0. The van der Waals surface area contributed by atoms with E-state index in [1.165, 1.54) is 149 Å². The predicted octanol–water partition coefficient (Wildman–Crippen LogP) is 7.66. The van der Waals surface area contributed by atoms with E-state index in [0.29, 0.717) is 0 Å². The standard InChI is InChI=1S/2C21H32P.2ClH.Zr/c2*1-3-5-7-11-15-22(16-12-8-6-4-2)21-17-19-13-9-10-14-20(19)18-21;;;/h2*9-10,13-14,17-18H,3-8,11-12,15-16H2,1-2H3;2*1H;/q2*-1;;;+4/p-2. The van der Waals surface area contributed by atoms with Gasteiger partial charge >= 0.3 is 26.2 Å². The van der Waals surface area contributed by atoms with Crippen molar-refractivity contribution in [1.82, 2.24) is 0 Å². The molecule has 4 aromatic rings. The first-order valence-corrected chi connectivity index (χ1v) is 21.9. The summed E-state index contributed by atoms with van der Waals surface area (Å²) in [5, 5.41) is 9.06. The maximum atomic E-state index is 2.47. The van der Waals surface area contributed by atoms with Crippen LogP contribution in [0.1, 0.15) is 130 Å². The van der Waals surface area contributed by atoms with Gasteiger partial charge in [-0.05, 0) is 50.3 Å². The van der Waals surface area contributed by atoms with Crippen LogP contribution in [0.3, 0.4) is 0 Å². The van der Waals surface area contributed by atoms with Crippen molar-refractivity contribution in [1.29, 1.82) is 0 Å². The Labute approximate surface area is 324 Å². The molecule has 0 saturated carbocycles. The van der Waals surface area contributed by atoms with Gasteiger partial charge in [-0.25, -0.2) is 0 Å². The minimum atomic E-state index is 0. The average molecular weight is 793 g/mol. The summed E-state index contributed by atoms with van der Waals surface area (Å²) in [4.78, 5) is 0. The van der Waals surface area contributed by atoms with Crippen LogP contribution in [0.25, 0.3) is 21.5 Å². The van der Waals surface area contributed by atoms with Crippen LogP contribution in [-0.2, 0) is 26.2 Å². The van der Waals surface area contributed by atoms with E-state index < -0.39 is 0 Å². The minimum absolute atomic E-state index is 0. The molecule has 4 rings (SSSR count). The molecule has 0 heterocycles. The molecule has 47 heavy (non-hydrogen) atoms. The smallest absolute Gasteiger partial charge is 1.00 e. The maximum Gasteiger partial charge on any atom is 4.00 e. The third kappa shape index (κ3) is 18.2. The second kappa shape index (κ2) is 29.7. The summed E-state index contributed by atoms with van der Waals surface area (Å²) in [6.45, 7) is 9.21. The average Bonchev–Trinajstić information content (AvgIpc) is 3.68. The second-order valence-corrected chi connectivity index (χ2v) is 17.9. The van der Waals surface area contributed by atoms with Gasteiger partial charge in [-0.2, -0.15) is 12.1 Å². The van der Waals surface area contributed by atoms with Gasteiger partial charge in [0.1, 0.15) is 0 Å². The molecule has 0 radical (unpaired) electrons. The second-order valence-electron chi connectivity index (χ2n) is 12.9. The van der Waals surface area contributed by atoms with Crippen LogP contribution >= 0.6 is 15.8 Å². The molecule has 4 aromatic carbocycles. The van der Waals surface area contributed by atoms with Gasteiger partial charge < -0.3 is 24.8 Å². The van der Waals surface area contributed by atoms with E-state index in [1.54, 1.807) is 10.6 Å². The molecular weight excluding hydrogens is 729 g/mol. The zero-order chi connectivity index (χ0) is 31.2. The fourth-order valence-corrected chi connectivity index (χ4v) is 11.5. The Morgan fingerprint density at radius 1 is 0.426 bits per heavy atom. The topological polar surface area (TPSA) is 0 Å². The van der Waals surface area contributed by atoms with Gasteiger partial charge in [0.05, 0.1) is 0 Å². The Kier molecular flexibility index (Phi) is 29.7. The summed E-state index contributed by atoms with van der Waals surface area (Å²) in [7, 11) is 0.128. The van der Waals surface area contributed by atoms with Crippen molar-refractivity contribution in [2.75, 3.05) is 24.6 Å². The summed E-state index contributed by atoms with van der Waals surface area (Å²) in [5.74, 6) is 0. The van der Waals surface area contributed by atoms with Gasteiger partial charge in [0.2, 0.25) is 0 Å². The molecule has 0 spiro atoms. The monoisotopic (exact) mass is 790 g/mol. The van der Waals surface area contributed by atoms with Gasteiger partial charge in [0, 0.05) is 0 Å². The number of hydrogen-bond acceptors (Lipinski definition) is 0. The zero-order valence-electron chi connectivity index (χ0n) is 30.2. The van der Waals surface area contributed by atoms with E-state index in [9.17, 15) is 0 Å². The SMILES string of the molecule is CCCCCCP(CCCCCC)c1cc2ccccc2[cH-]1.CCCCCCP(CCCCCC)c1cc2ccccc2[cH-]1.[Cl-].[Cl-].[Zr+4]. The van der Waals surface area contributed by atoms with Crippen LogP contribution in [-0.4, -0.2) is 24.6 Å². The number of hydrogen-bond donors (Lipinski definition) is 0. The Morgan fingerprint density at radius 3 is 1.00 bits per heavy atom. The van der Waals surface area contributed by atoms with Crippen LogP contribution in [0, 0.1) is 0 Å². The van der Waals surface area contributed by atoms with Crippen molar-refractivity contribution >= 4 is 48.0 Å². The molecule has 0 bridgehead atoms. The summed E-state index contributed by atoms with van der Waals surface area (Å²) in [5.41, 5.74) is 0. The first kappa shape index (κ1) is 47.0. The van der Waals surface area contributed by atoms with Crippen LogP contribution < -0.4 is 35.4 Å². The molecule has 0 aromatic heterocycles. The van der Waals surface area contributed by atoms with E-state index in [0.717, 1.165) is 0 Å². The molecule has 260 valence electrons. The number of halogens is 2. The van der Waals surface area contributed by atoms with Gasteiger partial charge in [-0.15, -0.1) is 80.7 Å². The Balaban J connectivity index is 0.000000846. The van der Waals surface area contributed by atoms with Crippen LogP contribution in [0.4, 0.5) is 0 Å². The van der Waals surface area contributed by atoms with Crippen molar-refractivity contribution in [3.8, 4) is 0 Å². The Hall–Kier alpha value is -0.0169. The molecule has 0 amide bonds.